The third kappa shape index (κ3) is 4.36. The molecule has 108 valence electrons. The molecule has 0 radical (unpaired) electrons. The summed E-state index contributed by atoms with van der Waals surface area (Å²) in [6.07, 6.45) is 1.00. The Morgan fingerprint density at radius 3 is 2.74 bits per heavy atom. The second-order valence-electron chi connectivity index (χ2n) is 4.07. The maximum atomic E-state index is 11.6. The molecule has 0 saturated heterocycles. The number of nitrogens with zero attached hydrogens (tertiary/aromatic N) is 2. The van der Waals surface area contributed by atoms with Crippen LogP contribution in [0.1, 0.15) is 30.6 Å². The minimum Gasteiger partial charge on any atom is -0.465 e. The van der Waals surface area contributed by atoms with Crippen molar-refractivity contribution < 1.29 is 9.53 Å². The first-order chi connectivity index (χ1) is 9.13. The highest BCUT2D eigenvalue weighted by atomic mass is 32.1. The van der Waals surface area contributed by atoms with Crippen LogP contribution in [-0.4, -0.2) is 48.5 Å². The summed E-state index contributed by atoms with van der Waals surface area (Å²) in [5.41, 5.74) is 6.01. The van der Waals surface area contributed by atoms with Gasteiger partial charge in [-0.2, -0.15) is 4.37 Å². The Morgan fingerprint density at radius 2 is 2.16 bits per heavy atom. The van der Waals surface area contributed by atoms with Gasteiger partial charge in [0.1, 0.15) is 10.6 Å². The summed E-state index contributed by atoms with van der Waals surface area (Å²) >= 11 is 1.19. The third-order valence-electron chi connectivity index (χ3n) is 2.94. The number of hydrogen-bond donors (Lipinski definition) is 2. The van der Waals surface area contributed by atoms with E-state index in [0.717, 1.165) is 32.6 Å². The van der Waals surface area contributed by atoms with Gasteiger partial charge in [-0.05, 0) is 37.6 Å². The molecule has 1 aromatic rings. The summed E-state index contributed by atoms with van der Waals surface area (Å²) in [6.45, 7) is 8.21. The number of nitrogens with two attached hydrogens (primary N) is 1. The maximum absolute atomic E-state index is 11.6. The van der Waals surface area contributed by atoms with Crippen LogP contribution in [0, 0.1) is 0 Å². The van der Waals surface area contributed by atoms with E-state index < -0.39 is 5.97 Å². The van der Waals surface area contributed by atoms with Crippen molar-refractivity contribution in [3.8, 4) is 0 Å². The Bertz CT molecular complexity index is 404. The number of esters is 1. The summed E-state index contributed by atoms with van der Waals surface area (Å²) in [7, 11) is 1.34. The van der Waals surface area contributed by atoms with Crippen molar-refractivity contribution in [2.75, 3.05) is 44.3 Å². The third-order valence-corrected chi connectivity index (χ3v) is 3.76. The van der Waals surface area contributed by atoms with E-state index in [-0.39, 0.29) is 5.82 Å². The van der Waals surface area contributed by atoms with Gasteiger partial charge in [-0.15, -0.1) is 0 Å². The fraction of sp³-hybridized carbons (Fsp3) is 0.667. The molecule has 0 aliphatic rings. The van der Waals surface area contributed by atoms with Gasteiger partial charge in [-0.3, -0.25) is 0 Å². The van der Waals surface area contributed by atoms with Gasteiger partial charge >= 0.3 is 5.97 Å². The molecule has 3 N–H and O–H groups in total. The van der Waals surface area contributed by atoms with Crippen LogP contribution in [0.15, 0.2) is 0 Å². The molecule has 0 bridgehead atoms. The van der Waals surface area contributed by atoms with Crippen molar-refractivity contribution in [3.05, 3.63) is 5.56 Å². The Morgan fingerprint density at radius 1 is 1.47 bits per heavy atom. The molecule has 7 heteroatoms. The first-order valence-electron chi connectivity index (χ1n) is 6.43. The van der Waals surface area contributed by atoms with Crippen molar-refractivity contribution in [2.45, 2.75) is 20.3 Å². The molecule has 0 fully saturated rings. The first-order valence-corrected chi connectivity index (χ1v) is 7.21. The van der Waals surface area contributed by atoms with Gasteiger partial charge in [0.15, 0.2) is 5.82 Å². The molecule has 0 spiro atoms. The van der Waals surface area contributed by atoms with E-state index in [2.05, 4.69) is 28.4 Å². The van der Waals surface area contributed by atoms with Gasteiger partial charge in [0.25, 0.3) is 0 Å². The standard InChI is InChI=1S/C12H22N4O2S/c1-4-16(5-2)8-6-7-14-11-9(12(17)18-3)10(13)15-19-11/h14H,4-8H2,1-3H3,(H2,13,15). The van der Waals surface area contributed by atoms with Gasteiger partial charge in [0.05, 0.1) is 7.11 Å². The predicted molar refractivity (Wildman–Crippen MR) is 78.8 cm³/mol. The number of rotatable bonds is 8. The summed E-state index contributed by atoms with van der Waals surface area (Å²) < 4.78 is 8.67. The number of hydrogen-bond acceptors (Lipinski definition) is 7. The van der Waals surface area contributed by atoms with Crippen LogP contribution >= 0.6 is 11.5 Å². The molecule has 0 aliphatic heterocycles. The second-order valence-corrected chi connectivity index (χ2v) is 4.84. The second kappa shape index (κ2) is 7.96. The van der Waals surface area contributed by atoms with Crippen LogP contribution in [0.3, 0.4) is 0 Å². The van der Waals surface area contributed by atoms with Crippen LogP contribution in [0.5, 0.6) is 0 Å². The monoisotopic (exact) mass is 286 g/mol. The van der Waals surface area contributed by atoms with Crippen LogP contribution < -0.4 is 11.1 Å². The van der Waals surface area contributed by atoms with Gasteiger partial charge in [-0.1, -0.05) is 13.8 Å². The summed E-state index contributed by atoms with van der Waals surface area (Å²) in [6, 6.07) is 0. The topological polar surface area (TPSA) is 80.5 Å². The van der Waals surface area contributed by atoms with E-state index in [4.69, 9.17) is 10.5 Å². The lowest BCUT2D eigenvalue weighted by Gasteiger charge is -2.17. The highest BCUT2D eigenvalue weighted by molar-refractivity contribution is 7.11. The van der Waals surface area contributed by atoms with Crippen molar-refractivity contribution in [1.82, 2.24) is 9.27 Å². The molecule has 1 rings (SSSR count). The Hall–Kier alpha value is -1.34. The number of nitrogen functional groups attached to an aromatic ring is 1. The van der Waals surface area contributed by atoms with E-state index >= 15 is 0 Å². The smallest absolute Gasteiger partial charge is 0.344 e. The molecule has 1 heterocycles. The number of carbonyl (C=O) groups excluding carboxylic acids is 1. The zero-order valence-electron chi connectivity index (χ0n) is 11.7. The number of aromatic nitrogens is 1. The maximum Gasteiger partial charge on any atom is 0.344 e. The number of methoxy groups -OCH3 is 1. The fourth-order valence-corrected chi connectivity index (χ4v) is 2.49. The lowest BCUT2D eigenvalue weighted by atomic mass is 10.3. The molecule has 0 saturated carbocycles. The molecule has 19 heavy (non-hydrogen) atoms. The van der Waals surface area contributed by atoms with E-state index in [9.17, 15) is 4.79 Å². The zero-order chi connectivity index (χ0) is 14.3. The molecule has 1 aromatic heterocycles. The summed E-state index contributed by atoms with van der Waals surface area (Å²) in [5.74, 6) is -0.222. The van der Waals surface area contributed by atoms with Crippen molar-refractivity contribution in [3.63, 3.8) is 0 Å². The van der Waals surface area contributed by atoms with Gasteiger partial charge in [0.2, 0.25) is 0 Å². The average Bonchev–Trinajstić information content (AvgIpc) is 2.79. The minimum absolute atomic E-state index is 0.225. The van der Waals surface area contributed by atoms with Gasteiger partial charge in [-0.25, -0.2) is 4.79 Å². The van der Waals surface area contributed by atoms with E-state index in [1.165, 1.54) is 18.6 Å². The lowest BCUT2D eigenvalue weighted by Crippen LogP contribution is -2.25. The number of carbonyl (C=O) groups is 1. The number of ether oxygens (including phenoxy) is 1. The Labute approximate surface area is 118 Å². The van der Waals surface area contributed by atoms with Crippen LogP contribution in [0.4, 0.5) is 10.8 Å². The molecule has 0 aliphatic carbocycles. The van der Waals surface area contributed by atoms with Crippen molar-refractivity contribution >= 4 is 28.3 Å². The highest BCUT2D eigenvalue weighted by Gasteiger charge is 2.19. The molecule has 0 atom stereocenters. The van der Waals surface area contributed by atoms with E-state index in [1.54, 1.807) is 0 Å². The predicted octanol–water partition coefficient (Wildman–Crippen LogP) is 1.66. The fourth-order valence-electron chi connectivity index (χ4n) is 1.77. The normalized spacial score (nSPS) is 10.7. The zero-order valence-corrected chi connectivity index (χ0v) is 12.5. The largest absolute Gasteiger partial charge is 0.465 e. The highest BCUT2D eigenvalue weighted by Crippen LogP contribution is 2.27. The van der Waals surface area contributed by atoms with Crippen LogP contribution in [-0.2, 0) is 4.74 Å². The minimum atomic E-state index is -0.447. The first kappa shape index (κ1) is 15.7. The molecule has 0 amide bonds. The van der Waals surface area contributed by atoms with Crippen molar-refractivity contribution in [1.29, 1.82) is 0 Å². The molecule has 6 nitrogen and oxygen atoms in total. The average molecular weight is 286 g/mol. The molecular formula is C12H22N4O2S. The quantitative estimate of drug-likeness (QED) is 0.559. The molecular weight excluding hydrogens is 264 g/mol. The summed E-state index contributed by atoms with van der Waals surface area (Å²) in [4.78, 5) is 13.9. The van der Waals surface area contributed by atoms with Gasteiger partial charge < -0.3 is 20.7 Å². The van der Waals surface area contributed by atoms with E-state index in [1.807, 2.05) is 0 Å². The summed E-state index contributed by atoms with van der Waals surface area (Å²) in [5, 5.41) is 3.89. The van der Waals surface area contributed by atoms with Crippen molar-refractivity contribution in [2.24, 2.45) is 0 Å². The van der Waals surface area contributed by atoms with E-state index in [0.29, 0.717) is 10.6 Å². The molecule has 0 aromatic carbocycles. The van der Waals surface area contributed by atoms with Crippen LogP contribution in [0.2, 0.25) is 0 Å². The SMILES string of the molecule is CCN(CC)CCCNc1snc(N)c1C(=O)OC. The lowest BCUT2D eigenvalue weighted by molar-refractivity contribution is 0.0603. The number of anilines is 2. The molecule has 0 unspecified atom stereocenters. The Balaban J connectivity index is 2.48. The Kier molecular flexibility index (Phi) is 6.58. The van der Waals surface area contributed by atoms with Gasteiger partial charge in [0, 0.05) is 6.54 Å². The van der Waals surface area contributed by atoms with Crippen LogP contribution in [0.25, 0.3) is 0 Å². The number of nitrogens with one attached hydrogen (secondary N) is 1.